The van der Waals surface area contributed by atoms with Crippen molar-refractivity contribution >= 4 is 49.3 Å². The molecule has 3 aromatic carbocycles. The molecule has 0 aliphatic carbocycles. The van der Waals surface area contributed by atoms with E-state index in [9.17, 15) is 9.59 Å². The minimum Gasteiger partial charge on any atom is -0.493 e. The van der Waals surface area contributed by atoms with Crippen LogP contribution in [-0.4, -0.2) is 23.2 Å². The maximum Gasteiger partial charge on any atom is 0.297 e. The average Bonchev–Trinajstić information content (AvgIpc) is 3.49. The van der Waals surface area contributed by atoms with Gasteiger partial charge in [0.25, 0.3) is 5.91 Å². The molecule has 5 aromatic rings. The van der Waals surface area contributed by atoms with Gasteiger partial charge in [0, 0.05) is 4.47 Å². The Balaban J connectivity index is 1.49. The van der Waals surface area contributed by atoms with Crippen LogP contribution in [0.5, 0.6) is 11.5 Å². The number of methoxy groups -OCH3 is 1. The van der Waals surface area contributed by atoms with Crippen LogP contribution in [0.4, 0.5) is 5.13 Å². The highest BCUT2D eigenvalue weighted by Gasteiger charge is 2.45. The van der Waals surface area contributed by atoms with Crippen LogP contribution in [0, 0.1) is 6.92 Å². The van der Waals surface area contributed by atoms with E-state index in [0.717, 1.165) is 10.0 Å². The number of hydrogen-bond donors (Lipinski definition) is 0. The highest BCUT2D eigenvalue weighted by molar-refractivity contribution is 9.10. The van der Waals surface area contributed by atoms with Crippen molar-refractivity contribution in [1.29, 1.82) is 0 Å². The number of aromatic nitrogens is 2. The number of benzene rings is 3. The van der Waals surface area contributed by atoms with Gasteiger partial charge in [-0.25, -0.2) is 0 Å². The molecule has 0 fully saturated rings. The number of rotatable bonds is 6. The van der Waals surface area contributed by atoms with Crippen molar-refractivity contribution in [3.63, 3.8) is 0 Å². The minimum atomic E-state index is -0.790. The van der Waals surface area contributed by atoms with Crippen LogP contribution in [0.2, 0.25) is 0 Å². The zero-order valence-electron chi connectivity index (χ0n) is 20.3. The van der Waals surface area contributed by atoms with Gasteiger partial charge in [0.2, 0.25) is 10.9 Å². The quantitative estimate of drug-likeness (QED) is 0.238. The summed E-state index contributed by atoms with van der Waals surface area (Å²) in [5.41, 5.74) is 1.96. The maximum absolute atomic E-state index is 13.8. The molecule has 1 aliphatic rings. The summed E-state index contributed by atoms with van der Waals surface area (Å²) in [5, 5.41) is 9.74. The zero-order valence-corrected chi connectivity index (χ0v) is 22.7. The fraction of sp³-hybridized carbons (Fsp3) is 0.143. The average molecular weight is 590 g/mol. The molecule has 3 heterocycles. The van der Waals surface area contributed by atoms with Gasteiger partial charge in [0.15, 0.2) is 16.9 Å². The van der Waals surface area contributed by atoms with Crippen LogP contribution in [-0.2, 0) is 6.61 Å². The summed E-state index contributed by atoms with van der Waals surface area (Å²) in [6, 6.07) is 19.5. The van der Waals surface area contributed by atoms with E-state index in [0.29, 0.717) is 44.8 Å². The molecule has 10 heteroatoms. The lowest BCUT2D eigenvalue weighted by molar-refractivity contribution is 0.0970. The molecule has 0 saturated heterocycles. The molecule has 1 unspecified atom stereocenters. The van der Waals surface area contributed by atoms with Crippen LogP contribution in [0.1, 0.15) is 38.3 Å². The van der Waals surface area contributed by atoms with Crippen molar-refractivity contribution in [3.8, 4) is 11.5 Å². The normalized spacial score (nSPS) is 14.7. The van der Waals surface area contributed by atoms with Gasteiger partial charge in [-0.05, 0) is 48.4 Å². The number of nitrogens with zero attached hydrogens (tertiary/aromatic N) is 3. The number of carbonyl (C=O) groups excluding carboxylic acids is 1. The van der Waals surface area contributed by atoms with E-state index in [4.69, 9.17) is 13.9 Å². The maximum atomic E-state index is 13.8. The minimum absolute atomic E-state index is 0.00829. The largest absolute Gasteiger partial charge is 0.493 e. The molecule has 1 atom stereocenters. The van der Waals surface area contributed by atoms with Crippen LogP contribution in [0.15, 0.2) is 80.4 Å². The molecule has 0 saturated carbocycles. The molecule has 1 aliphatic heterocycles. The number of amides is 1. The van der Waals surface area contributed by atoms with Crippen molar-refractivity contribution in [3.05, 3.63) is 109 Å². The molecular weight excluding hydrogens is 570 g/mol. The van der Waals surface area contributed by atoms with Crippen molar-refractivity contribution < 1.29 is 18.7 Å². The van der Waals surface area contributed by atoms with Gasteiger partial charge in [-0.3, -0.25) is 14.5 Å². The van der Waals surface area contributed by atoms with E-state index in [1.165, 1.54) is 16.2 Å². The molecule has 2 aromatic heterocycles. The zero-order chi connectivity index (χ0) is 26.4. The summed E-state index contributed by atoms with van der Waals surface area (Å²) in [6.45, 7) is 2.17. The standard InChI is InChI=1S/C28H20BrN3O5S/c1-15-30-31-28(38-15)32-24(23-25(33)19-13-18(29)9-11-20(19)37-26(23)27(32)34)17-8-10-21(22(12-17)35-2)36-14-16-6-4-3-5-7-16/h3-13,24H,14H2,1-2H3. The van der Waals surface area contributed by atoms with Gasteiger partial charge >= 0.3 is 0 Å². The van der Waals surface area contributed by atoms with E-state index in [1.807, 2.05) is 36.4 Å². The highest BCUT2D eigenvalue weighted by Crippen LogP contribution is 2.44. The SMILES string of the molecule is COc1cc(C2c3c(oc4ccc(Br)cc4c3=O)C(=O)N2c2nnc(C)s2)ccc1OCc1ccccc1. The van der Waals surface area contributed by atoms with Crippen LogP contribution in [0.3, 0.4) is 0 Å². The van der Waals surface area contributed by atoms with Gasteiger partial charge < -0.3 is 13.9 Å². The molecular formula is C28H20BrN3O5S. The van der Waals surface area contributed by atoms with Gasteiger partial charge in [-0.1, -0.05) is 63.7 Å². The second-order valence-electron chi connectivity index (χ2n) is 8.68. The molecule has 8 nitrogen and oxygen atoms in total. The Kier molecular flexibility index (Phi) is 6.21. The first kappa shape index (κ1) is 24.3. The summed E-state index contributed by atoms with van der Waals surface area (Å²) in [4.78, 5) is 29.0. The van der Waals surface area contributed by atoms with E-state index < -0.39 is 11.9 Å². The van der Waals surface area contributed by atoms with Crippen LogP contribution in [0.25, 0.3) is 11.0 Å². The lowest BCUT2D eigenvalue weighted by Crippen LogP contribution is -2.29. The Labute approximate surface area is 229 Å². The van der Waals surface area contributed by atoms with E-state index in [2.05, 4.69) is 26.1 Å². The van der Waals surface area contributed by atoms with Crippen molar-refractivity contribution in [2.45, 2.75) is 19.6 Å². The number of halogens is 1. The molecule has 38 heavy (non-hydrogen) atoms. The third-order valence-corrected chi connectivity index (χ3v) is 7.63. The second kappa shape index (κ2) is 9.70. The van der Waals surface area contributed by atoms with Gasteiger partial charge in [0.05, 0.1) is 24.1 Å². The summed E-state index contributed by atoms with van der Waals surface area (Å²) < 4.78 is 18.4. The number of ether oxygens (including phenoxy) is 2. The molecule has 190 valence electrons. The van der Waals surface area contributed by atoms with Crippen molar-refractivity contribution in [1.82, 2.24) is 10.2 Å². The van der Waals surface area contributed by atoms with Crippen LogP contribution < -0.4 is 19.8 Å². The summed E-state index contributed by atoms with van der Waals surface area (Å²) in [6.07, 6.45) is 0. The number of hydrogen-bond acceptors (Lipinski definition) is 8. The van der Waals surface area contributed by atoms with Crippen molar-refractivity contribution in [2.75, 3.05) is 12.0 Å². The smallest absolute Gasteiger partial charge is 0.297 e. The van der Waals surface area contributed by atoms with E-state index in [-0.39, 0.29) is 16.8 Å². The van der Waals surface area contributed by atoms with Gasteiger partial charge in [-0.2, -0.15) is 0 Å². The molecule has 1 amide bonds. The third kappa shape index (κ3) is 4.15. The van der Waals surface area contributed by atoms with E-state index in [1.54, 1.807) is 44.4 Å². The Hall–Kier alpha value is -4.02. The Morgan fingerprint density at radius 2 is 1.84 bits per heavy atom. The second-order valence-corrected chi connectivity index (χ2v) is 10.8. The fourth-order valence-corrected chi connectivity index (χ4v) is 5.63. The topological polar surface area (TPSA) is 94.8 Å². The summed E-state index contributed by atoms with van der Waals surface area (Å²) >= 11 is 4.69. The van der Waals surface area contributed by atoms with Crippen molar-refractivity contribution in [2.24, 2.45) is 0 Å². The van der Waals surface area contributed by atoms with Gasteiger partial charge in [0.1, 0.15) is 17.2 Å². The number of aryl methyl sites for hydroxylation is 1. The number of carbonyl (C=O) groups is 1. The first-order chi connectivity index (χ1) is 18.4. The highest BCUT2D eigenvalue weighted by atomic mass is 79.9. The summed E-state index contributed by atoms with van der Waals surface area (Å²) in [7, 11) is 1.55. The molecule has 0 bridgehead atoms. The monoisotopic (exact) mass is 589 g/mol. The molecule has 0 spiro atoms. The Morgan fingerprint density at radius 1 is 1.03 bits per heavy atom. The predicted octanol–water partition coefficient (Wildman–Crippen LogP) is 6.05. The number of fused-ring (bicyclic) bond motifs is 2. The Bertz CT molecular complexity index is 1750. The van der Waals surface area contributed by atoms with Gasteiger partial charge in [-0.15, -0.1) is 10.2 Å². The van der Waals surface area contributed by atoms with Crippen LogP contribution >= 0.6 is 27.3 Å². The number of anilines is 1. The molecule has 6 rings (SSSR count). The third-order valence-electron chi connectivity index (χ3n) is 6.29. The fourth-order valence-electron chi connectivity index (χ4n) is 4.55. The van der Waals surface area contributed by atoms with E-state index >= 15 is 0 Å². The molecule has 0 N–H and O–H groups in total. The first-order valence-corrected chi connectivity index (χ1v) is 13.3. The first-order valence-electron chi connectivity index (χ1n) is 11.7. The Morgan fingerprint density at radius 3 is 2.58 bits per heavy atom. The molecule has 0 radical (unpaired) electrons. The lowest BCUT2D eigenvalue weighted by Gasteiger charge is -2.23. The predicted molar refractivity (Wildman–Crippen MR) is 147 cm³/mol. The lowest BCUT2D eigenvalue weighted by atomic mass is 9.98. The summed E-state index contributed by atoms with van der Waals surface area (Å²) in [5.74, 6) is 0.551.